The van der Waals surface area contributed by atoms with Crippen LogP contribution in [0.4, 0.5) is 0 Å². The summed E-state index contributed by atoms with van der Waals surface area (Å²) in [6.45, 7) is 0. The molecular weight excluding hydrogens is 248 g/mol. The molecule has 1 aromatic carbocycles. The smallest absolute Gasteiger partial charge is 0.186 e. The van der Waals surface area contributed by atoms with Gasteiger partial charge in [-0.15, -0.1) is 12.6 Å². The minimum atomic E-state index is -1.92. The molecule has 0 saturated carbocycles. The Kier molecular flexibility index (Phi) is 3.35. The molecule has 0 saturated heterocycles. The Bertz CT molecular complexity index is 454. The van der Waals surface area contributed by atoms with E-state index in [-0.39, 0.29) is 0 Å². The Morgan fingerprint density at radius 1 is 1.27 bits per heavy atom. The standard InChI is InChI=1S/C10H10O2S3/c11-15(12)8-3-4-9(13)10(7-8)14-5-1-2-6-14/h1-7,13-14H,(H,11,12). The van der Waals surface area contributed by atoms with Crippen LogP contribution in [-0.2, 0) is 11.1 Å². The second-order valence-electron chi connectivity index (χ2n) is 2.99. The second kappa shape index (κ2) is 4.57. The zero-order chi connectivity index (χ0) is 10.8. The molecule has 1 heterocycles. The third kappa shape index (κ3) is 2.36. The molecule has 15 heavy (non-hydrogen) atoms. The summed E-state index contributed by atoms with van der Waals surface area (Å²) in [5.74, 6) is 0. The fourth-order valence-electron chi connectivity index (χ4n) is 1.31. The molecule has 0 amide bonds. The van der Waals surface area contributed by atoms with Crippen molar-refractivity contribution in [2.75, 3.05) is 0 Å². The molecule has 2 nitrogen and oxygen atoms in total. The third-order valence-electron chi connectivity index (χ3n) is 2.03. The SMILES string of the molecule is O=S(O)c1ccc(S)c([SH]2C=CC=C2)c1. The van der Waals surface area contributed by atoms with E-state index < -0.39 is 22.0 Å². The molecule has 0 radical (unpaired) electrons. The Labute approximate surface area is 99.1 Å². The molecule has 0 spiro atoms. The van der Waals surface area contributed by atoms with Gasteiger partial charge < -0.3 is 4.55 Å². The van der Waals surface area contributed by atoms with E-state index in [1.807, 2.05) is 12.2 Å². The second-order valence-corrected chi connectivity index (χ2v) is 6.33. The van der Waals surface area contributed by atoms with E-state index in [4.69, 9.17) is 4.55 Å². The predicted molar refractivity (Wildman–Crippen MR) is 68.3 cm³/mol. The van der Waals surface area contributed by atoms with Crippen LogP contribution in [-0.4, -0.2) is 8.76 Å². The van der Waals surface area contributed by atoms with Gasteiger partial charge in [0.1, 0.15) is 0 Å². The van der Waals surface area contributed by atoms with Crippen LogP contribution in [0.15, 0.2) is 55.9 Å². The largest absolute Gasteiger partial charge is 0.302 e. The van der Waals surface area contributed by atoms with Crippen molar-refractivity contribution in [3.05, 3.63) is 41.2 Å². The van der Waals surface area contributed by atoms with E-state index in [1.165, 1.54) is 0 Å². The van der Waals surface area contributed by atoms with Crippen molar-refractivity contribution in [2.45, 2.75) is 14.7 Å². The van der Waals surface area contributed by atoms with E-state index in [2.05, 4.69) is 23.4 Å². The minimum Gasteiger partial charge on any atom is -0.302 e. The fourth-order valence-corrected chi connectivity index (χ4v) is 3.91. The lowest BCUT2D eigenvalue weighted by atomic mass is 10.4. The van der Waals surface area contributed by atoms with Gasteiger partial charge in [-0.1, -0.05) is 12.2 Å². The quantitative estimate of drug-likeness (QED) is 0.563. The van der Waals surface area contributed by atoms with Crippen LogP contribution in [0.3, 0.4) is 0 Å². The minimum absolute atomic E-state index is 0.430. The monoisotopic (exact) mass is 258 g/mol. The van der Waals surface area contributed by atoms with Crippen molar-refractivity contribution in [2.24, 2.45) is 0 Å². The van der Waals surface area contributed by atoms with E-state index in [9.17, 15) is 4.21 Å². The van der Waals surface area contributed by atoms with E-state index >= 15 is 0 Å². The molecule has 2 rings (SSSR count). The Balaban J connectivity index is 2.45. The van der Waals surface area contributed by atoms with Crippen molar-refractivity contribution in [3.63, 3.8) is 0 Å². The molecule has 0 fully saturated rings. The van der Waals surface area contributed by atoms with Crippen LogP contribution in [0.2, 0.25) is 0 Å². The van der Waals surface area contributed by atoms with E-state index in [0.29, 0.717) is 4.90 Å². The summed E-state index contributed by atoms with van der Waals surface area (Å²) in [5.41, 5.74) is 0. The highest BCUT2D eigenvalue weighted by molar-refractivity contribution is 8.22. The number of benzene rings is 1. The highest BCUT2D eigenvalue weighted by atomic mass is 32.2. The maximum Gasteiger partial charge on any atom is 0.186 e. The first-order chi connectivity index (χ1) is 7.18. The molecule has 1 aliphatic heterocycles. The predicted octanol–water partition coefficient (Wildman–Crippen LogP) is 2.96. The van der Waals surface area contributed by atoms with Gasteiger partial charge in [-0.05, 0) is 29.0 Å². The summed E-state index contributed by atoms with van der Waals surface area (Å²) in [6.07, 6.45) is 3.98. The Morgan fingerprint density at radius 2 is 1.93 bits per heavy atom. The van der Waals surface area contributed by atoms with Crippen LogP contribution in [0.1, 0.15) is 0 Å². The van der Waals surface area contributed by atoms with Crippen LogP contribution in [0, 0.1) is 0 Å². The van der Waals surface area contributed by atoms with Crippen LogP contribution >= 0.6 is 23.5 Å². The molecule has 0 aromatic heterocycles. The van der Waals surface area contributed by atoms with Gasteiger partial charge in [0.2, 0.25) is 0 Å². The maximum absolute atomic E-state index is 10.9. The molecule has 1 aliphatic rings. The van der Waals surface area contributed by atoms with E-state index in [0.717, 1.165) is 9.79 Å². The first-order valence-electron chi connectivity index (χ1n) is 4.26. The molecule has 1 atom stereocenters. The van der Waals surface area contributed by atoms with Crippen LogP contribution < -0.4 is 0 Å². The number of hydrogen-bond donors (Lipinski definition) is 3. The summed E-state index contributed by atoms with van der Waals surface area (Å²) >= 11 is 2.44. The molecule has 1 unspecified atom stereocenters. The highest BCUT2D eigenvalue weighted by Crippen LogP contribution is 2.45. The first kappa shape index (κ1) is 11.0. The van der Waals surface area contributed by atoms with Crippen molar-refractivity contribution in [1.29, 1.82) is 0 Å². The Morgan fingerprint density at radius 3 is 2.53 bits per heavy atom. The third-order valence-corrected chi connectivity index (χ3v) is 5.17. The van der Waals surface area contributed by atoms with Gasteiger partial charge in [-0.25, -0.2) is 4.21 Å². The highest BCUT2D eigenvalue weighted by Gasteiger charge is 2.10. The fraction of sp³-hybridized carbons (Fsp3) is 0. The summed E-state index contributed by atoms with van der Waals surface area (Å²) in [6, 6.07) is 5.15. The molecule has 0 aliphatic carbocycles. The van der Waals surface area contributed by atoms with Crippen molar-refractivity contribution in [3.8, 4) is 0 Å². The molecule has 5 heteroatoms. The first-order valence-corrected chi connectivity index (χ1v) is 7.29. The van der Waals surface area contributed by atoms with Gasteiger partial charge in [-0.2, -0.15) is 10.9 Å². The number of rotatable bonds is 2. The van der Waals surface area contributed by atoms with Gasteiger partial charge >= 0.3 is 0 Å². The summed E-state index contributed by atoms with van der Waals surface area (Å²) in [7, 11) is -0.485. The molecule has 0 bridgehead atoms. The number of allylic oxidation sites excluding steroid dienone is 2. The summed E-state index contributed by atoms with van der Waals surface area (Å²) < 4.78 is 19.9. The summed E-state index contributed by atoms with van der Waals surface area (Å²) in [5, 5.41) is 4.18. The van der Waals surface area contributed by atoms with Gasteiger partial charge in [-0.3, -0.25) is 0 Å². The van der Waals surface area contributed by atoms with Gasteiger partial charge in [0.05, 0.1) is 4.90 Å². The topological polar surface area (TPSA) is 37.3 Å². The maximum atomic E-state index is 10.9. The number of thiol groups is 2. The number of hydrogen-bond acceptors (Lipinski definition) is 2. The van der Waals surface area contributed by atoms with Crippen LogP contribution in [0.25, 0.3) is 0 Å². The molecular formula is C10H10O2S3. The lowest BCUT2D eigenvalue weighted by Gasteiger charge is -2.13. The molecule has 80 valence electrons. The molecule has 1 aromatic rings. The zero-order valence-corrected chi connectivity index (χ0v) is 10.3. The molecule has 1 N–H and O–H groups in total. The zero-order valence-electron chi connectivity index (χ0n) is 7.70. The average Bonchev–Trinajstić information content (AvgIpc) is 2.71. The van der Waals surface area contributed by atoms with E-state index in [1.54, 1.807) is 18.2 Å². The summed E-state index contributed by atoms with van der Waals surface area (Å²) in [4.78, 5) is 2.32. The lowest BCUT2D eigenvalue weighted by Crippen LogP contribution is -1.89. The average molecular weight is 258 g/mol. The van der Waals surface area contributed by atoms with Gasteiger partial charge in [0.25, 0.3) is 0 Å². The van der Waals surface area contributed by atoms with Gasteiger partial charge in [0.15, 0.2) is 11.1 Å². The van der Waals surface area contributed by atoms with Crippen molar-refractivity contribution in [1.82, 2.24) is 0 Å². The van der Waals surface area contributed by atoms with Crippen molar-refractivity contribution < 1.29 is 8.76 Å². The lowest BCUT2D eigenvalue weighted by molar-refractivity contribution is 0.564. The van der Waals surface area contributed by atoms with Crippen molar-refractivity contribution >= 4 is 34.6 Å². The normalized spacial score (nSPS) is 18.4. The van der Waals surface area contributed by atoms with Crippen LogP contribution in [0.5, 0.6) is 0 Å². The van der Waals surface area contributed by atoms with Gasteiger partial charge in [0, 0.05) is 9.79 Å². The Hall–Kier alpha value is -0.490.